The quantitative estimate of drug-likeness (QED) is 0.401. The molecule has 2 unspecified atom stereocenters. The molecule has 0 bridgehead atoms. The number of nitriles is 2. The summed E-state index contributed by atoms with van der Waals surface area (Å²) in [5.74, 6) is 1.11. The monoisotopic (exact) mass is 162 g/mol. The minimum atomic E-state index is 0.407. The van der Waals surface area contributed by atoms with Gasteiger partial charge < -0.3 is 0 Å². The molecule has 1 fully saturated rings. The lowest BCUT2D eigenvalue weighted by Gasteiger charge is -1.64. The Balaban J connectivity index is 0. The number of hydrogen-bond donors (Lipinski definition) is 0. The van der Waals surface area contributed by atoms with E-state index in [1.165, 1.54) is 6.08 Å². The molecule has 0 saturated heterocycles. The highest BCUT2D eigenvalue weighted by atomic mass is 14.6. The van der Waals surface area contributed by atoms with Crippen molar-refractivity contribution in [2.75, 3.05) is 0 Å². The topological polar surface area (TPSA) is 95.2 Å². The van der Waals surface area contributed by atoms with Crippen molar-refractivity contribution in [3.05, 3.63) is 12.7 Å². The van der Waals surface area contributed by atoms with Gasteiger partial charge in [0.1, 0.15) is 0 Å². The molecule has 0 aromatic rings. The van der Waals surface area contributed by atoms with Crippen LogP contribution in [-0.4, -0.2) is 0 Å². The first-order chi connectivity index (χ1) is 5.76. The molecule has 1 saturated carbocycles. The second kappa shape index (κ2) is 9.14. The molecule has 2 atom stereocenters. The molecule has 0 heterocycles. The minimum Gasteiger partial charge on any atom is -0.198 e. The Labute approximate surface area is 72.1 Å². The number of allylic oxidation sites excluding steroid dienone is 1. The first-order valence-electron chi connectivity index (χ1n) is 3.36. The van der Waals surface area contributed by atoms with Crippen molar-refractivity contribution in [3.63, 3.8) is 0 Å². The van der Waals surface area contributed by atoms with E-state index >= 15 is 0 Å². The van der Waals surface area contributed by atoms with Gasteiger partial charge in [-0.2, -0.15) is 10.5 Å². The van der Waals surface area contributed by atoms with Gasteiger partial charge in [0.25, 0.3) is 0 Å². The normalized spacial score (nSPS) is 22.1. The highest BCUT2D eigenvalue weighted by Gasteiger charge is 2.31. The van der Waals surface area contributed by atoms with Crippen LogP contribution in [0.25, 0.3) is 0 Å². The standard InChI is InChI=1S/C5H7N.C3H3N.N2/c1-4-2-5(4)3-6;1-2-3-4;1-2/h4-5H,2H2,1H3;2H,1H2;. The summed E-state index contributed by atoms with van der Waals surface area (Å²) >= 11 is 0. The van der Waals surface area contributed by atoms with Crippen molar-refractivity contribution in [1.82, 2.24) is 0 Å². The molecule has 0 N–H and O–H groups in total. The fourth-order valence-electron chi connectivity index (χ4n) is 0.502. The second-order valence-electron chi connectivity index (χ2n) is 2.28. The molecule has 0 spiro atoms. The minimum absolute atomic E-state index is 0.407. The van der Waals surface area contributed by atoms with E-state index in [-0.39, 0.29) is 0 Å². The molecule has 1 aliphatic carbocycles. The van der Waals surface area contributed by atoms with E-state index in [4.69, 9.17) is 21.3 Å². The SMILES string of the molecule is C=CC#N.CC1CC1C#N.N#N. The summed E-state index contributed by atoms with van der Waals surface area (Å²) in [6.45, 7) is 5.22. The van der Waals surface area contributed by atoms with E-state index in [0.717, 1.165) is 6.42 Å². The average molecular weight is 162 g/mol. The molecule has 4 heteroatoms. The van der Waals surface area contributed by atoms with Gasteiger partial charge in [-0.1, -0.05) is 13.5 Å². The maximum atomic E-state index is 8.13. The zero-order valence-electron chi connectivity index (χ0n) is 6.94. The summed E-state index contributed by atoms with van der Waals surface area (Å²) in [6, 6.07) is 3.88. The molecule has 0 aromatic carbocycles. The summed E-state index contributed by atoms with van der Waals surface area (Å²) in [4.78, 5) is 0. The van der Waals surface area contributed by atoms with E-state index in [2.05, 4.69) is 19.6 Å². The van der Waals surface area contributed by atoms with Crippen LogP contribution in [0.2, 0.25) is 0 Å². The molecule has 12 heavy (non-hydrogen) atoms. The third-order valence-corrected chi connectivity index (χ3v) is 1.37. The third-order valence-electron chi connectivity index (χ3n) is 1.37. The maximum absolute atomic E-state index is 8.13. The lowest BCUT2D eigenvalue weighted by molar-refractivity contribution is 0.908. The highest BCUT2D eigenvalue weighted by molar-refractivity contribution is 4.98. The third kappa shape index (κ3) is 8.14. The Kier molecular flexibility index (Phi) is 9.74. The van der Waals surface area contributed by atoms with Crippen molar-refractivity contribution in [1.29, 1.82) is 21.3 Å². The van der Waals surface area contributed by atoms with Gasteiger partial charge in [-0.3, -0.25) is 0 Å². The molecule has 4 nitrogen and oxygen atoms in total. The van der Waals surface area contributed by atoms with Crippen LogP contribution < -0.4 is 0 Å². The highest BCUT2D eigenvalue weighted by Crippen LogP contribution is 2.36. The summed E-state index contributed by atoms with van der Waals surface area (Å²) in [7, 11) is 0. The Hall–Kier alpha value is -1.86. The van der Waals surface area contributed by atoms with Crippen molar-refractivity contribution >= 4 is 0 Å². The summed E-state index contributed by atoms with van der Waals surface area (Å²) in [6.07, 6.45) is 2.32. The van der Waals surface area contributed by atoms with Crippen LogP contribution in [0.1, 0.15) is 13.3 Å². The number of hydrogen-bond acceptors (Lipinski definition) is 4. The van der Waals surface area contributed by atoms with Crippen LogP contribution in [0.4, 0.5) is 0 Å². The van der Waals surface area contributed by atoms with Crippen molar-refractivity contribution < 1.29 is 0 Å². The molecule has 0 radical (unpaired) electrons. The van der Waals surface area contributed by atoms with E-state index < -0.39 is 0 Å². The van der Waals surface area contributed by atoms with Crippen molar-refractivity contribution in [2.45, 2.75) is 13.3 Å². The molecular weight excluding hydrogens is 152 g/mol. The Morgan fingerprint density at radius 2 is 1.75 bits per heavy atom. The van der Waals surface area contributed by atoms with E-state index in [9.17, 15) is 0 Å². The van der Waals surface area contributed by atoms with Crippen LogP contribution in [0.15, 0.2) is 12.7 Å². The van der Waals surface area contributed by atoms with Gasteiger partial charge in [0.15, 0.2) is 0 Å². The smallest absolute Gasteiger partial charge is 0.0905 e. The number of nitrogens with zero attached hydrogens (tertiary/aromatic N) is 4. The summed E-state index contributed by atoms with van der Waals surface area (Å²) in [5, 5.41) is 27.6. The predicted octanol–water partition coefficient (Wildman–Crippen LogP) is 1.89. The average Bonchev–Trinajstić information content (AvgIpc) is 2.86. The van der Waals surface area contributed by atoms with Gasteiger partial charge in [-0.15, -0.1) is 0 Å². The zero-order chi connectivity index (χ0) is 9.98. The first-order valence-corrected chi connectivity index (χ1v) is 3.36. The predicted molar refractivity (Wildman–Crippen MR) is 42.1 cm³/mol. The van der Waals surface area contributed by atoms with Gasteiger partial charge in [0.05, 0.1) is 12.1 Å². The molecule has 0 aromatic heterocycles. The molecule has 1 rings (SSSR count). The molecule has 0 aliphatic heterocycles. The van der Waals surface area contributed by atoms with Crippen LogP contribution in [0.3, 0.4) is 0 Å². The van der Waals surface area contributed by atoms with Crippen LogP contribution in [-0.2, 0) is 0 Å². The van der Waals surface area contributed by atoms with E-state index in [1.54, 1.807) is 6.07 Å². The van der Waals surface area contributed by atoms with Crippen molar-refractivity contribution in [3.8, 4) is 12.1 Å². The first kappa shape index (κ1) is 12.8. The fourth-order valence-corrected chi connectivity index (χ4v) is 0.502. The molecular formula is C8H10N4. The zero-order valence-corrected chi connectivity index (χ0v) is 6.94. The van der Waals surface area contributed by atoms with Gasteiger partial charge in [0.2, 0.25) is 0 Å². The van der Waals surface area contributed by atoms with Gasteiger partial charge in [0, 0.05) is 22.8 Å². The molecule has 1 aliphatic rings. The van der Waals surface area contributed by atoms with Crippen molar-refractivity contribution in [2.24, 2.45) is 11.8 Å². The Bertz CT molecular complexity index is 217. The maximum Gasteiger partial charge on any atom is 0.0905 e. The lowest BCUT2D eigenvalue weighted by atomic mass is 10.4. The van der Waals surface area contributed by atoms with Crippen LogP contribution in [0, 0.1) is 45.3 Å². The van der Waals surface area contributed by atoms with Gasteiger partial charge >= 0.3 is 0 Å². The summed E-state index contributed by atoms with van der Waals surface area (Å²) in [5.41, 5.74) is 0. The molecule has 62 valence electrons. The number of rotatable bonds is 0. The Morgan fingerprint density at radius 3 is 1.75 bits per heavy atom. The summed E-state index contributed by atoms with van der Waals surface area (Å²) < 4.78 is 0. The largest absolute Gasteiger partial charge is 0.198 e. The molecule has 0 amide bonds. The van der Waals surface area contributed by atoms with E-state index in [1.807, 2.05) is 0 Å². The van der Waals surface area contributed by atoms with Crippen LogP contribution >= 0.6 is 0 Å². The van der Waals surface area contributed by atoms with Gasteiger partial charge in [-0.25, -0.2) is 0 Å². The van der Waals surface area contributed by atoms with Crippen LogP contribution in [0.5, 0.6) is 0 Å². The Morgan fingerprint density at radius 1 is 1.42 bits per heavy atom. The van der Waals surface area contributed by atoms with E-state index in [0.29, 0.717) is 11.8 Å². The second-order valence-corrected chi connectivity index (χ2v) is 2.28. The fraction of sp³-hybridized carbons (Fsp3) is 0.500. The van der Waals surface area contributed by atoms with Gasteiger partial charge in [-0.05, 0) is 12.3 Å². The lowest BCUT2D eigenvalue weighted by Crippen LogP contribution is -1.63.